The summed E-state index contributed by atoms with van der Waals surface area (Å²) in [7, 11) is 0. The molecule has 1 aromatic heterocycles. The minimum absolute atomic E-state index is 0.215. The fraction of sp³-hybridized carbons (Fsp3) is 0.273. The van der Waals surface area contributed by atoms with Gasteiger partial charge >= 0.3 is 0 Å². The maximum absolute atomic E-state index is 9.87. The summed E-state index contributed by atoms with van der Waals surface area (Å²) in [6.07, 6.45) is 0. The normalized spacial score (nSPS) is 14.1. The molecule has 0 aliphatic carbocycles. The van der Waals surface area contributed by atoms with E-state index < -0.39 is 0 Å². The van der Waals surface area contributed by atoms with Crippen LogP contribution in [0.15, 0.2) is 48.5 Å². The fourth-order valence-electron chi connectivity index (χ4n) is 3.18. The van der Waals surface area contributed by atoms with Gasteiger partial charge in [0.05, 0.1) is 18.9 Å². The van der Waals surface area contributed by atoms with Crippen molar-refractivity contribution in [2.24, 2.45) is 0 Å². The third-order valence-corrected chi connectivity index (χ3v) is 4.93. The largest absolute Gasteiger partial charge is 0.508 e. The Kier molecular flexibility index (Phi) is 5.12. The predicted molar refractivity (Wildman–Crippen MR) is 111 cm³/mol. The third kappa shape index (κ3) is 4.07. The molecule has 1 aliphatic heterocycles. The quantitative estimate of drug-likeness (QED) is 0.716. The molecular formula is C22H24N4O2. The van der Waals surface area contributed by atoms with Crippen LogP contribution in [-0.2, 0) is 4.74 Å². The number of hydrogen-bond donors (Lipinski definition) is 2. The molecule has 0 atom stereocenters. The highest BCUT2D eigenvalue weighted by Gasteiger charge is 2.16. The van der Waals surface area contributed by atoms with Gasteiger partial charge in [0, 0.05) is 30.4 Å². The van der Waals surface area contributed by atoms with Crippen LogP contribution in [0.1, 0.15) is 11.1 Å². The van der Waals surface area contributed by atoms with Gasteiger partial charge in [0.25, 0.3) is 0 Å². The Bertz CT molecular complexity index is 984. The molecule has 4 rings (SSSR count). The van der Waals surface area contributed by atoms with Crippen molar-refractivity contribution in [1.29, 1.82) is 0 Å². The number of nitrogens with one attached hydrogen (secondary N) is 1. The number of aromatic nitrogens is 2. The van der Waals surface area contributed by atoms with Crippen LogP contribution in [0.5, 0.6) is 5.75 Å². The topological polar surface area (TPSA) is 70.5 Å². The average Bonchev–Trinajstić information content (AvgIpc) is 2.71. The fourth-order valence-corrected chi connectivity index (χ4v) is 3.18. The molecule has 1 aliphatic rings. The van der Waals surface area contributed by atoms with Crippen molar-refractivity contribution in [1.82, 2.24) is 9.97 Å². The number of aryl methyl sites for hydroxylation is 2. The summed E-state index contributed by atoms with van der Waals surface area (Å²) in [6, 6.07) is 15.3. The summed E-state index contributed by atoms with van der Waals surface area (Å²) < 4.78 is 5.46. The molecule has 2 N–H and O–H groups in total. The Labute approximate surface area is 164 Å². The van der Waals surface area contributed by atoms with Gasteiger partial charge in [-0.25, -0.2) is 4.98 Å². The van der Waals surface area contributed by atoms with Crippen molar-refractivity contribution >= 4 is 17.5 Å². The Hall–Kier alpha value is -3.12. The monoisotopic (exact) mass is 376 g/mol. The Morgan fingerprint density at radius 3 is 2.54 bits per heavy atom. The second kappa shape index (κ2) is 7.86. The first-order valence-electron chi connectivity index (χ1n) is 9.44. The molecular weight excluding hydrogens is 352 g/mol. The summed E-state index contributed by atoms with van der Waals surface area (Å²) in [4.78, 5) is 11.6. The van der Waals surface area contributed by atoms with Crippen LogP contribution in [0.25, 0.3) is 11.3 Å². The van der Waals surface area contributed by atoms with E-state index in [-0.39, 0.29) is 5.75 Å². The standard InChI is InChI=1S/C22H24N4O2/c1-15-6-7-18(12-16(15)2)23-21-14-20(17-4-3-5-19(27)13-17)24-22(25-21)26-8-10-28-11-9-26/h3-7,12-14,27H,8-11H2,1-2H3,(H,23,24,25). The van der Waals surface area contributed by atoms with Crippen LogP contribution in [0.4, 0.5) is 17.5 Å². The lowest BCUT2D eigenvalue weighted by Crippen LogP contribution is -2.37. The summed E-state index contributed by atoms with van der Waals surface area (Å²) in [5, 5.41) is 13.3. The maximum atomic E-state index is 9.87. The van der Waals surface area contributed by atoms with Crippen molar-refractivity contribution in [3.05, 3.63) is 59.7 Å². The number of nitrogens with zero attached hydrogens (tertiary/aromatic N) is 3. The molecule has 6 heteroatoms. The molecule has 0 amide bonds. The van der Waals surface area contributed by atoms with E-state index in [9.17, 15) is 5.11 Å². The Morgan fingerprint density at radius 1 is 0.964 bits per heavy atom. The second-order valence-corrected chi connectivity index (χ2v) is 7.01. The van der Waals surface area contributed by atoms with Crippen molar-refractivity contribution in [2.75, 3.05) is 36.5 Å². The van der Waals surface area contributed by atoms with Gasteiger partial charge < -0.3 is 20.1 Å². The number of morpholine rings is 1. The zero-order valence-electron chi connectivity index (χ0n) is 16.1. The molecule has 2 aromatic carbocycles. The van der Waals surface area contributed by atoms with Crippen LogP contribution in [0, 0.1) is 13.8 Å². The van der Waals surface area contributed by atoms with Gasteiger partial charge in [-0.15, -0.1) is 0 Å². The van der Waals surface area contributed by atoms with Crippen molar-refractivity contribution < 1.29 is 9.84 Å². The molecule has 0 radical (unpaired) electrons. The molecule has 2 heterocycles. The van der Waals surface area contributed by atoms with E-state index in [0.717, 1.165) is 35.9 Å². The van der Waals surface area contributed by atoms with Gasteiger partial charge in [-0.05, 0) is 49.2 Å². The number of phenols is 1. The Balaban J connectivity index is 1.73. The first-order valence-corrected chi connectivity index (χ1v) is 9.44. The van der Waals surface area contributed by atoms with E-state index in [1.165, 1.54) is 11.1 Å². The molecule has 3 aromatic rings. The van der Waals surface area contributed by atoms with Crippen molar-refractivity contribution in [2.45, 2.75) is 13.8 Å². The minimum Gasteiger partial charge on any atom is -0.508 e. The zero-order chi connectivity index (χ0) is 19.5. The molecule has 28 heavy (non-hydrogen) atoms. The summed E-state index contributed by atoms with van der Waals surface area (Å²) in [6.45, 7) is 7.04. The molecule has 1 fully saturated rings. The molecule has 0 bridgehead atoms. The molecule has 0 spiro atoms. The van der Waals surface area contributed by atoms with Crippen molar-refractivity contribution in [3.8, 4) is 17.0 Å². The molecule has 144 valence electrons. The number of anilines is 3. The number of rotatable bonds is 4. The molecule has 0 unspecified atom stereocenters. The maximum Gasteiger partial charge on any atom is 0.228 e. The first-order chi connectivity index (χ1) is 13.6. The van der Waals surface area contributed by atoms with Gasteiger partial charge in [0.2, 0.25) is 5.95 Å². The van der Waals surface area contributed by atoms with E-state index in [1.54, 1.807) is 12.1 Å². The molecule has 1 saturated heterocycles. The SMILES string of the molecule is Cc1ccc(Nc2cc(-c3cccc(O)c3)nc(N3CCOCC3)n2)cc1C. The lowest BCUT2D eigenvalue weighted by atomic mass is 10.1. The van der Waals surface area contributed by atoms with Crippen LogP contribution in [0.3, 0.4) is 0 Å². The highest BCUT2D eigenvalue weighted by molar-refractivity contribution is 5.69. The third-order valence-electron chi connectivity index (χ3n) is 4.93. The van der Waals surface area contributed by atoms with Gasteiger partial charge in [-0.1, -0.05) is 18.2 Å². The number of benzene rings is 2. The highest BCUT2D eigenvalue weighted by Crippen LogP contribution is 2.27. The lowest BCUT2D eigenvalue weighted by Gasteiger charge is -2.27. The van der Waals surface area contributed by atoms with E-state index >= 15 is 0 Å². The molecule has 0 saturated carbocycles. The van der Waals surface area contributed by atoms with Crippen LogP contribution >= 0.6 is 0 Å². The first kappa shape index (κ1) is 18.3. The number of hydrogen-bond acceptors (Lipinski definition) is 6. The van der Waals surface area contributed by atoms with E-state index in [0.29, 0.717) is 19.2 Å². The van der Waals surface area contributed by atoms with E-state index in [2.05, 4.69) is 36.2 Å². The zero-order valence-corrected chi connectivity index (χ0v) is 16.1. The van der Waals surface area contributed by atoms with Crippen molar-refractivity contribution in [3.63, 3.8) is 0 Å². The van der Waals surface area contributed by atoms with E-state index in [1.807, 2.05) is 24.3 Å². The van der Waals surface area contributed by atoms with Gasteiger partial charge in [-0.2, -0.15) is 4.98 Å². The molecule has 6 nitrogen and oxygen atoms in total. The number of phenolic OH excluding ortho intramolecular Hbond substituents is 1. The van der Waals surface area contributed by atoms with Crippen LogP contribution < -0.4 is 10.2 Å². The second-order valence-electron chi connectivity index (χ2n) is 7.01. The van der Waals surface area contributed by atoms with Gasteiger partial charge in [-0.3, -0.25) is 0 Å². The minimum atomic E-state index is 0.215. The van der Waals surface area contributed by atoms with Gasteiger partial charge in [0.1, 0.15) is 11.6 Å². The van der Waals surface area contributed by atoms with Gasteiger partial charge in [0.15, 0.2) is 0 Å². The number of ether oxygens (including phenoxy) is 1. The van der Waals surface area contributed by atoms with Crippen LogP contribution in [0.2, 0.25) is 0 Å². The smallest absolute Gasteiger partial charge is 0.228 e. The number of aromatic hydroxyl groups is 1. The average molecular weight is 376 g/mol. The summed E-state index contributed by atoms with van der Waals surface area (Å²) in [5.74, 6) is 1.60. The summed E-state index contributed by atoms with van der Waals surface area (Å²) in [5.41, 5.74) is 5.07. The highest BCUT2D eigenvalue weighted by atomic mass is 16.5. The lowest BCUT2D eigenvalue weighted by molar-refractivity contribution is 0.122. The predicted octanol–water partition coefficient (Wildman–Crippen LogP) is 4.05. The van der Waals surface area contributed by atoms with Crippen LogP contribution in [-0.4, -0.2) is 41.4 Å². The Morgan fingerprint density at radius 2 is 1.79 bits per heavy atom. The summed E-state index contributed by atoms with van der Waals surface area (Å²) >= 11 is 0. The van der Waals surface area contributed by atoms with E-state index in [4.69, 9.17) is 14.7 Å².